The molecule has 25 heavy (non-hydrogen) atoms. The van der Waals surface area contributed by atoms with Gasteiger partial charge in [0.1, 0.15) is 0 Å². The number of nitrogens with one attached hydrogen (secondary N) is 1. The fraction of sp³-hybridized carbons (Fsp3) is 0.381. The predicted octanol–water partition coefficient (Wildman–Crippen LogP) is 3.42. The molecule has 4 heteroatoms. The lowest BCUT2D eigenvalue weighted by molar-refractivity contribution is -0.149. The van der Waals surface area contributed by atoms with Crippen molar-refractivity contribution in [3.05, 3.63) is 65.6 Å². The van der Waals surface area contributed by atoms with Gasteiger partial charge in [0, 0.05) is 48.6 Å². The molecule has 1 atom stereocenters. The zero-order valence-corrected chi connectivity index (χ0v) is 14.3. The largest absolute Gasteiger partial charge is 0.357 e. The van der Waals surface area contributed by atoms with Gasteiger partial charge in [-0.3, -0.25) is 14.8 Å². The van der Waals surface area contributed by atoms with E-state index in [0.29, 0.717) is 6.17 Å². The van der Waals surface area contributed by atoms with E-state index in [2.05, 4.69) is 56.2 Å². The minimum absolute atomic E-state index is 0.176. The maximum atomic E-state index is 4.23. The third kappa shape index (κ3) is 1.76. The quantitative estimate of drug-likeness (QED) is 0.742. The number of pyridine rings is 1. The van der Waals surface area contributed by atoms with Crippen molar-refractivity contribution in [3.8, 4) is 0 Å². The molecule has 0 unspecified atom stereocenters. The number of hydrogen-bond donors (Lipinski definition) is 1. The lowest BCUT2D eigenvalue weighted by Crippen LogP contribution is -2.66. The zero-order valence-electron chi connectivity index (χ0n) is 14.3. The van der Waals surface area contributed by atoms with Crippen LogP contribution < -0.4 is 0 Å². The Bertz CT molecular complexity index is 937. The van der Waals surface area contributed by atoms with Crippen molar-refractivity contribution in [2.45, 2.75) is 31.0 Å². The van der Waals surface area contributed by atoms with Crippen LogP contribution >= 0.6 is 0 Å². The van der Waals surface area contributed by atoms with Gasteiger partial charge in [-0.05, 0) is 48.6 Å². The van der Waals surface area contributed by atoms with Crippen molar-refractivity contribution in [3.63, 3.8) is 0 Å². The van der Waals surface area contributed by atoms with Gasteiger partial charge in [-0.1, -0.05) is 18.2 Å². The maximum absolute atomic E-state index is 4.23. The predicted molar refractivity (Wildman–Crippen MR) is 98.2 cm³/mol. The summed E-state index contributed by atoms with van der Waals surface area (Å²) in [6.07, 6.45) is 7.86. The Morgan fingerprint density at radius 3 is 2.64 bits per heavy atom. The van der Waals surface area contributed by atoms with Crippen LogP contribution in [0.1, 0.15) is 35.8 Å². The number of hydrogen-bond acceptors (Lipinski definition) is 3. The van der Waals surface area contributed by atoms with Gasteiger partial charge < -0.3 is 4.98 Å². The standard InChI is InChI=1S/C21H22N4/c1-2-4-18-16(3-1)17-7-12-25-20(15-5-10-22-11-6-15)24-13-8-21(25,9-14-24)19(17)23-18/h1-6,10-11,20,23H,7-9,12-14H2/t20-/m1/s1. The molecule has 2 aromatic heterocycles. The summed E-state index contributed by atoms with van der Waals surface area (Å²) in [5.74, 6) is 0. The summed E-state index contributed by atoms with van der Waals surface area (Å²) < 4.78 is 0. The summed E-state index contributed by atoms with van der Waals surface area (Å²) in [6, 6.07) is 13.2. The monoisotopic (exact) mass is 330 g/mol. The molecule has 1 spiro atoms. The number of H-pyrrole nitrogens is 1. The molecule has 4 aliphatic rings. The second-order valence-electron chi connectivity index (χ2n) is 7.69. The number of nitrogens with zero attached hydrogens (tertiary/aromatic N) is 3. The molecule has 4 aliphatic heterocycles. The molecule has 4 nitrogen and oxygen atoms in total. The van der Waals surface area contributed by atoms with Gasteiger partial charge in [-0.15, -0.1) is 0 Å². The molecule has 6 heterocycles. The SMILES string of the molecule is c1ccc2c3c([nH]c2c1)C12CCN(CC1)[C@@H](c1ccncc1)N2CC3. The molecule has 1 aromatic carbocycles. The Morgan fingerprint density at radius 1 is 1.00 bits per heavy atom. The molecule has 1 N–H and O–H groups in total. The topological polar surface area (TPSA) is 35.2 Å². The van der Waals surface area contributed by atoms with Gasteiger partial charge in [-0.25, -0.2) is 0 Å². The van der Waals surface area contributed by atoms with Crippen molar-refractivity contribution in [1.82, 2.24) is 19.8 Å². The Labute approximate surface area is 147 Å². The first-order valence-corrected chi connectivity index (χ1v) is 9.38. The van der Waals surface area contributed by atoms with Crippen molar-refractivity contribution in [1.29, 1.82) is 0 Å². The summed E-state index contributed by atoms with van der Waals surface area (Å²) >= 11 is 0. The van der Waals surface area contributed by atoms with Crippen molar-refractivity contribution in [2.75, 3.05) is 19.6 Å². The number of aromatic amines is 1. The van der Waals surface area contributed by atoms with Gasteiger partial charge in [0.25, 0.3) is 0 Å². The highest BCUT2D eigenvalue weighted by molar-refractivity contribution is 5.85. The summed E-state index contributed by atoms with van der Waals surface area (Å²) in [6.45, 7) is 3.49. The number of benzene rings is 1. The number of piperidine rings is 1. The van der Waals surface area contributed by atoms with E-state index in [1.165, 1.54) is 48.1 Å². The Balaban J connectivity index is 1.55. The number of fused-ring (bicyclic) bond motifs is 5. The minimum Gasteiger partial charge on any atom is -0.357 e. The summed E-state index contributed by atoms with van der Waals surface area (Å²) in [5.41, 5.74) is 5.93. The number of aromatic nitrogens is 2. The molecular weight excluding hydrogens is 308 g/mol. The molecule has 7 rings (SSSR count). The van der Waals surface area contributed by atoms with E-state index in [4.69, 9.17) is 0 Å². The summed E-state index contributed by atoms with van der Waals surface area (Å²) in [7, 11) is 0. The highest BCUT2D eigenvalue weighted by atomic mass is 15.4. The Hall–Kier alpha value is -2.17. The van der Waals surface area contributed by atoms with Crippen LogP contribution in [0.4, 0.5) is 0 Å². The van der Waals surface area contributed by atoms with E-state index in [-0.39, 0.29) is 5.54 Å². The third-order valence-electron chi connectivity index (χ3n) is 6.70. The smallest absolute Gasteiger partial charge is 0.0895 e. The Morgan fingerprint density at radius 2 is 1.80 bits per heavy atom. The van der Waals surface area contributed by atoms with Crippen LogP contribution in [0.5, 0.6) is 0 Å². The van der Waals surface area contributed by atoms with E-state index in [9.17, 15) is 0 Å². The minimum atomic E-state index is 0.176. The number of rotatable bonds is 1. The third-order valence-corrected chi connectivity index (χ3v) is 6.70. The first-order chi connectivity index (χ1) is 12.4. The van der Waals surface area contributed by atoms with Crippen molar-refractivity contribution >= 4 is 10.9 Å². The molecule has 0 aliphatic carbocycles. The Kier molecular flexibility index (Phi) is 2.77. The van der Waals surface area contributed by atoms with Crippen LogP contribution in [-0.2, 0) is 12.0 Å². The zero-order chi connectivity index (χ0) is 16.4. The number of para-hydroxylation sites is 1. The second-order valence-corrected chi connectivity index (χ2v) is 7.69. The van der Waals surface area contributed by atoms with Crippen LogP contribution in [0.3, 0.4) is 0 Å². The van der Waals surface area contributed by atoms with Crippen LogP contribution in [0, 0.1) is 0 Å². The van der Waals surface area contributed by atoms with Crippen LogP contribution in [0.2, 0.25) is 0 Å². The molecule has 3 saturated heterocycles. The lowest BCUT2D eigenvalue weighted by Gasteiger charge is -2.62. The normalized spacial score (nSPS) is 31.0. The van der Waals surface area contributed by atoms with E-state index in [0.717, 1.165) is 13.0 Å². The van der Waals surface area contributed by atoms with E-state index in [1.54, 1.807) is 5.56 Å². The molecule has 3 fully saturated rings. The van der Waals surface area contributed by atoms with Gasteiger partial charge >= 0.3 is 0 Å². The highest BCUT2D eigenvalue weighted by Gasteiger charge is 2.54. The van der Waals surface area contributed by atoms with Gasteiger partial charge in [0.2, 0.25) is 0 Å². The van der Waals surface area contributed by atoms with Gasteiger partial charge in [0.05, 0.1) is 11.7 Å². The first-order valence-electron chi connectivity index (χ1n) is 9.38. The fourth-order valence-corrected chi connectivity index (χ4v) is 5.60. The van der Waals surface area contributed by atoms with Gasteiger partial charge in [-0.2, -0.15) is 0 Å². The second kappa shape index (κ2) is 4.93. The average molecular weight is 330 g/mol. The molecular formula is C21H22N4. The van der Waals surface area contributed by atoms with E-state index < -0.39 is 0 Å². The molecule has 2 bridgehead atoms. The highest BCUT2D eigenvalue weighted by Crippen LogP contribution is 2.53. The molecule has 0 saturated carbocycles. The van der Waals surface area contributed by atoms with Crippen LogP contribution in [0.15, 0.2) is 48.8 Å². The molecule has 0 amide bonds. The van der Waals surface area contributed by atoms with Crippen LogP contribution in [0.25, 0.3) is 10.9 Å². The lowest BCUT2D eigenvalue weighted by atomic mass is 9.73. The van der Waals surface area contributed by atoms with Crippen molar-refractivity contribution in [2.24, 2.45) is 0 Å². The first kappa shape index (κ1) is 14.0. The molecule has 3 aromatic rings. The average Bonchev–Trinajstić information content (AvgIpc) is 3.08. The summed E-state index contributed by atoms with van der Waals surface area (Å²) in [5, 5.41) is 1.43. The van der Waals surface area contributed by atoms with E-state index >= 15 is 0 Å². The maximum Gasteiger partial charge on any atom is 0.0895 e. The molecule has 126 valence electrons. The van der Waals surface area contributed by atoms with E-state index in [1.807, 2.05) is 12.4 Å². The van der Waals surface area contributed by atoms with Gasteiger partial charge in [0.15, 0.2) is 0 Å². The molecule has 0 radical (unpaired) electrons. The van der Waals surface area contributed by atoms with Crippen LogP contribution in [-0.4, -0.2) is 39.4 Å². The van der Waals surface area contributed by atoms with Crippen molar-refractivity contribution < 1.29 is 0 Å². The summed E-state index contributed by atoms with van der Waals surface area (Å²) in [4.78, 5) is 13.5. The fourth-order valence-electron chi connectivity index (χ4n) is 5.60.